The van der Waals surface area contributed by atoms with Crippen molar-refractivity contribution in [2.24, 2.45) is 10.9 Å². The molecule has 0 radical (unpaired) electrons. The minimum atomic E-state index is 0.428. The van der Waals surface area contributed by atoms with E-state index in [0.29, 0.717) is 12.0 Å². The number of nitrogens with zero attached hydrogens (tertiary/aromatic N) is 2. The summed E-state index contributed by atoms with van der Waals surface area (Å²) < 4.78 is 1.06. The predicted octanol–water partition coefficient (Wildman–Crippen LogP) is 14.2. The van der Waals surface area contributed by atoms with Crippen molar-refractivity contribution in [2.75, 3.05) is 13.6 Å². The van der Waals surface area contributed by atoms with Crippen LogP contribution in [0.3, 0.4) is 0 Å². The van der Waals surface area contributed by atoms with Gasteiger partial charge in [0.1, 0.15) is 5.69 Å². The van der Waals surface area contributed by atoms with Gasteiger partial charge in [0.05, 0.1) is 25.3 Å². The summed E-state index contributed by atoms with van der Waals surface area (Å²) in [4.78, 5) is 4.90. The third-order valence-corrected chi connectivity index (χ3v) is 9.92. The SMILES string of the molecule is C#C.C=Cc1cc(C)c(CCCCCCCc2cc3c(cc2C)C=C(C)CC(C)[N+]3(C)CCC)cc1N=CC(C)C/C(C)=C\C.CC.CC. The molecule has 3 unspecified atom stereocenters. The number of allylic oxidation sites excluding steroid dienone is 2. The zero-order valence-electron chi connectivity index (χ0n) is 34.3. The maximum atomic E-state index is 4.90. The quantitative estimate of drug-likeness (QED) is 0.0589. The molecule has 1 aliphatic rings. The molecule has 0 saturated carbocycles. The average molecular weight is 668 g/mol. The Morgan fingerprint density at radius 1 is 0.939 bits per heavy atom. The fourth-order valence-corrected chi connectivity index (χ4v) is 6.98. The van der Waals surface area contributed by atoms with E-state index in [9.17, 15) is 0 Å². The van der Waals surface area contributed by atoms with Gasteiger partial charge in [0.15, 0.2) is 0 Å². The lowest BCUT2D eigenvalue weighted by Gasteiger charge is -2.40. The van der Waals surface area contributed by atoms with Gasteiger partial charge >= 0.3 is 0 Å². The first-order chi connectivity index (χ1) is 23.5. The lowest BCUT2D eigenvalue weighted by atomic mass is 9.95. The number of quaternary nitrogens is 1. The molecular formula is C47H75N2+. The maximum absolute atomic E-state index is 4.90. The van der Waals surface area contributed by atoms with Gasteiger partial charge in [-0.2, -0.15) is 0 Å². The van der Waals surface area contributed by atoms with E-state index in [1.807, 2.05) is 33.8 Å². The monoisotopic (exact) mass is 668 g/mol. The number of hydrogen-bond donors (Lipinski definition) is 0. The molecule has 2 heteroatoms. The van der Waals surface area contributed by atoms with Gasteiger partial charge in [0.2, 0.25) is 0 Å². The van der Waals surface area contributed by atoms with Gasteiger partial charge in [-0.05, 0) is 138 Å². The van der Waals surface area contributed by atoms with Crippen LogP contribution in [-0.2, 0) is 12.8 Å². The van der Waals surface area contributed by atoms with Crippen LogP contribution in [0.25, 0.3) is 12.2 Å². The summed E-state index contributed by atoms with van der Waals surface area (Å²) in [7, 11) is 2.47. The Labute approximate surface area is 305 Å². The molecule has 0 bridgehead atoms. The van der Waals surface area contributed by atoms with Crippen molar-refractivity contribution in [3.8, 4) is 12.8 Å². The normalized spacial score (nSPS) is 17.6. The third-order valence-electron chi connectivity index (χ3n) is 9.92. The van der Waals surface area contributed by atoms with Gasteiger partial charge in [-0.3, -0.25) is 9.48 Å². The first-order valence-corrected chi connectivity index (χ1v) is 19.4. The van der Waals surface area contributed by atoms with E-state index < -0.39 is 0 Å². The van der Waals surface area contributed by atoms with Crippen molar-refractivity contribution >= 4 is 29.7 Å². The van der Waals surface area contributed by atoms with Crippen molar-refractivity contribution in [1.29, 1.82) is 0 Å². The molecule has 0 amide bonds. The third kappa shape index (κ3) is 14.3. The fourth-order valence-electron chi connectivity index (χ4n) is 6.98. The van der Waals surface area contributed by atoms with Crippen molar-refractivity contribution in [1.82, 2.24) is 4.48 Å². The van der Waals surface area contributed by atoms with E-state index in [0.717, 1.165) is 28.6 Å². The summed E-state index contributed by atoms with van der Waals surface area (Å²) in [5.41, 5.74) is 13.9. The topological polar surface area (TPSA) is 12.4 Å². The standard InChI is InChI=1S/C41H61N2.2C2H6.C2H2/c1-11-21-43(10)35(9)23-31(5)24-39-26-34(8)38(28-41(39)43)20-18-16-14-15-17-19-37-27-40(36(13-3)25-33(37)7)42-29-32(6)22-30(4)12-2;3*1-2/h12-13,24-29,32,35H,3,11,14-23H2,1-2,4-10H3;2*1-2H3;1-2H/q+1;;;/b30-12-,42-29?;;;. The minimum Gasteiger partial charge on any atom is -0.291 e. The van der Waals surface area contributed by atoms with E-state index in [4.69, 9.17) is 4.99 Å². The summed E-state index contributed by atoms with van der Waals surface area (Å²) in [6, 6.07) is 10.2. The van der Waals surface area contributed by atoms with Crippen LogP contribution in [0.15, 0.2) is 53.1 Å². The van der Waals surface area contributed by atoms with Crippen molar-refractivity contribution in [3.63, 3.8) is 0 Å². The van der Waals surface area contributed by atoms with Gasteiger partial charge in [-0.15, -0.1) is 12.8 Å². The van der Waals surface area contributed by atoms with Gasteiger partial charge in [-0.1, -0.05) is 90.7 Å². The largest absolute Gasteiger partial charge is 0.291 e. The molecule has 0 spiro atoms. The highest BCUT2D eigenvalue weighted by atomic mass is 15.4. The highest BCUT2D eigenvalue weighted by Gasteiger charge is 2.35. The Balaban J connectivity index is 0.00000363. The first kappa shape index (κ1) is 45.9. The molecule has 2 aromatic carbocycles. The van der Waals surface area contributed by atoms with E-state index >= 15 is 0 Å². The van der Waals surface area contributed by atoms with Crippen LogP contribution in [-0.4, -0.2) is 25.8 Å². The molecular weight excluding hydrogens is 593 g/mol. The van der Waals surface area contributed by atoms with Crippen molar-refractivity contribution in [3.05, 3.63) is 81.4 Å². The molecule has 2 nitrogen and oxygen atoms in total. The Morgan fingerprint density at radius 3 is 2.04 bits per heavy atom. The number of benzene rings is 2. The molecule has 49 heavy (non-hydrogen) atoms. The number of terminal acetylenes is 1. The second-order valence-corrected chi connectivity index (χ2v) is 13.8. The number of aryl methyl sites for hydroxylation is 4. The lowest BCUT2D eigenvalue weighted by molar-refractivity contribution is 0.256. The zero-order valence-corrected chi connectivity index (χ0v) is 34.3. The van der Waals surface area contributed by atoms with E-state index in [2.05, 4.69) is 124 Å². The number of unbranched alkanes of at least 4 members (excludes halogenated alkanes) is 4. The maximum Gasteiger partial charge on any atom is 0.140 e. The van der Waals surface area contributed by atoms with Crippen molar-refractivity contribution in [2.45, 2.75) is 153 Å². The zero-order chi connectivity index (χ0) is 37.6. The molecule has 2 aromatic rings. The molecule has 1 heterocycles. The van der Waals surface area contributed by atoms with Gasteiger partial charge < -0.3 is 0 Å². The highest BCUT2D eigenvalue weighted by Crippen LogP contribution is 2.38. The second-order valence-electron chi connectivity index (χ2n) is 13.8. The van der Waals surface area contributed by atoms with Crippen LogP contribution >= 0.6 is 0 Å². The molecule has 272 valence electrons. The van der Waals surface area contributed by atoms with Crippen LogP contribution in [0.2, 0.25) is 0 Å². The highest BCUT2D eigenvalue weighted by molar-refractivity contribution is 5.73. The van der Waals surface area contributed by atoms with Crippen LogP contribution in [0, 0.1) is 32.6 Å². The van der Waals surface area contributed by atoms with Crippen molar-refractivity contribution < 1.29 is 0 Å². The smallest absolute Gasteiger partial charge is 0.140 e. The lowest BCUT2D eigenvalue weighted by Crippen LogP contribution is -2.52. The Hall–Kier alpha value is -3.15. The Morgan fingerprint density at radius 2 is 1.49 bits per heavy atom. The number of hydrogen-bond acceptors (Lipinski definition) is 1. The molecule has 3 atom stereocenters. The van der Waals surface area contributed by atoms with Crippen LogP contribution in [0.1, 0.15) is 154 Å². The van der Waals surface area contributed by atoms with E-state index in [-0.39, 0.29) is 0 Å². The molecule has 0 saturated heterocycles. The van der Waals surface area contributed by atoms with Gasteiger partial charge in [0.25, 0.3) is 0 Å². The summed E-state index contributed by atoms with van der Waals surface area (Å²) in [6.45, 7) is 31.4. The molecule has 0 aromatic heterocycles. The minimum absolute atomic E-state index is 0.428. The molecule has 0 N–H and O–H groups in total. The molecule has 0 aliphatic carbocycles. The summed E-state index contributed by atoms with van der Waals surface area (Å²) >= 11 is 0. The molecule has 0 fully saturated rings. The Kier molecular flexibility index (Phi) is 23.3. The average Bonchev–Trinajstić information content (AvgIpc) is 3.18. The number of fused-ring (bicyclic) bond motifs is 1. The fraction of sp³-hybridized carbons (Fsp3) is 0.553. The summed E-state index contributed by atoms with van der Waals surface area (Å²) in [5, 5.41) is 0. The van der Waals surface area contributed by atoms with Crippen LogP contribution < -0.4 is 4.48 Å². The van der Waals surface area contributed by atoms with Crippen LogP contribution in [0.4, 0.5) is 11.4 Å². The number of aliphatic imine (C=N–C) groups is 1. The summed E-state index contributed by atoms with van der Waals surface area (Å²) in [5.74, 6) is 0.428. The van der Waals surface area contributed by atoms with E-state index in [1.165, 1.54) is 97.0 Å². The number of rotatable bonds is 15. The summed E-state index contributed by atoms with van der Waals surface area (Å²) in [6.07, 6.45) is 28.9. The molecule has 3 rings (SSSR count). The van der Waals surface area contributed by atoms with Gasteiger partial charge in [-0.25, -0.2) is 0 Å². The first-order valence-electron chi connectivity index (χ1n) is 19.4. The Bertz CT molecular complexity index is 1370. The van der Waals surface area contributed by atoms with Crippen LogP contribution in [0.5, 0.6) is 0 Å². The molecule has 1 aliphatic heterocycles. The van der Waals surface area contributed by atoms with Gasteiger partial charge in [0, 0.05) is 24.3 Å². The predicted molar refractivity (Wildman–Crippen MR) is 227 cm³/mol. The van der Waals surface area contributed by atoms with E-state index in [1.54, 1.807) is 5.56 Å². The second kappa shape index (κ2) is 24.9.